The van der Waals surface area contributed by atoms with Crippen molar-refractivity contribution in [2.75, 3.05) is 18.9 Å². The first-order chi connectivity index (χ1) is 9.31. The predicted molar refractivity (Wildman–Crippen MR) is 80.0 cm³/mol. The van der Waals surface area contributed by atoms with E-state index in [1.54, 1.807) is 7.05 Å². The molecule has 0 aliphatic heterocycles. The molecule has 0 aliphatic carbocycles. The number of carbonyl (C=O) groups excluding carboxylic acids is 1. The molecule has 0 aliphatic rings. The third-order valence-electron chi connectivity index (χ3n) is 2.48. The van der Waals surface area contributed by atoms with Gasteiger partial charge in [0.2, 0.25) is 0 Å². The fourth-order valence-corrected chi connectivity index (χ4v) is 1.99. The van der Waals surface area contributed by atoms with Crippen molar-refractivity contribution >= 4 is 52.5 Å². The highest BCUT2D eigenvalue weighted by Crippen LogP contribution is 2.32. The molecule has 1 rings (SSSR count). The number of halogens is 3. The number of carbonyl (C=O) groups is 2. The Balaban J connectivity index is 2.61. The second kappa shape index (κ2) is 7.57. The first kappa shape index (κ1) is 16.9. The Kier molecular flexibility index (Phi) is 6.39. The van der Waals surface area contributed by atoms with Gasteiger partial charge >= 0.3 is 12.0 Å². The highest BCUT2D eigenvalue weighted by molar-refractivity contribution is 6.44. The lowest BCUT2D eigenvalue weighted by molar-refractivity contribution is -0.137. The van der Waals surface area contributed by atoms with Crippen LogP contribution >= 0.6 is 34.8 Å². The average molecular weight is 340 g/mol. The van der Waals surface area contributed by atoms with Gasteiger partial charge in [-0.05, 0) is 18.6 Å². The zero-order chi connectivity index (χ0) is 15.3. The maximum absolute atomic E-state index is 11.9. The van der Waals surface area contributed by atoms with E-state index in [9.17, 15) is 9.59 Å². The molecule has 2 N–H and O–H groups in total. The monoisotopic (exact) mass is 338 g/mol. The van der Waals surface area contributed by atoms with Crippen molar-refractivity contribution in [1.82, 2.24) is 4.90 Å². The van der Waals surface area contributed by atoms with E-state index in [0.717, 1.165) is 0 Å². The Bertz CT molecular complexity index is 523. The molecule has 0 unspecified atom stereocenters. The van der Waals surface area contributed by atoms with E-state index in [-0.39, 0.29) is 16.5 Å². The summed E-state index contributed by atoms with van der Waals surface area (Å²) in [6, 6.07) is 2.48. The summed E-state index contributed by atoms with van der Waals surface area (Å²) in [5.74, 6) is -0.897. The summed E-state index contributed by atoms with van der Waals surface area (Å²) in [7, 11) is 1.56. The molecule has 0 fully saturated rings. The molecular formula is C12H13Cl3N2O3. The third-order valence-corrected chi connectivity index (χ3v) is 3.52. The lowest BCUT2D eigenvalue weighted by Crippen LogP contribution is -2.32. The second-order valence-electron chi connectivity index (χ2n) is 4.10. The predicted octanol–water partition coefficient (Wildman–Crippen LogP) is 3.98. The Morgan fingerprint density at radius 1 is 1.20 bits per heavy atom. The van der Waals surface area contributed by atoms with Gasteiger partial charge in [-0.2, -0.15) is 0 Å². The van der Waals surface area contributed by atoms with E-state index >= 15 is 0 Å². The zero-order valence-corrected chi connectivity index (χ0v) is 12.9. The van der Waals surface area contributed by atoms with Crippen molar-refractivity contribution in [2.45, 2.75) is 12.8 Å². The Morgan fingerprint density at radius 3 is 2.40 bits per heavy atom. The van der Waals surface area contributed by atoms with E-state index in [2.05, 4.69) is 5.32 Å². The number of carboxylic acid groups (broad SMARTS) is 1. The lowest BCUT2D eigenvalue weighted by atomic mass is 10.3. The molecule has 20 heavy (non-hydrogen) atoms. The minimum Gasteiger partial charge on any atom is -0.481 e. The Labute approximate surface area is 131 Å². The molecule has 0 aromatic heterocycles. The third kappa shape index (κ3) is 5.07. The number of amides is 2. The van der Waals surface area contributed by atoms with Crippen LogP contribution in [0.5, 0.6) is 0 Å². The fraction of sp³-hybridized carbons (Fsp3) is 0.333. The first-order valence-corrected chi connectivity index (χ1v) is 6.83. The summed E-state index contributed by atoms with van der Waals surface area (Å²) in [5, 5.41) is 12.0. The van der Waals surface area contributed by atoms with Gasteiger partial charge in [-0.3, -0.25) is 4.79 Å². The number of urea groups is 1. The van der Waals surface area contributed by atoms with Gasteiger partial charge in [-0.1, -0.05) is 34.8 Å². The standard InChI is InChI=1S/C12H13Cl3N2O3/c1-17(4-2-3-11(18)19)12(20)16-10-6-8(14)7(13)5-9(10)15/h5-6H,2-4H2,1H3,(H,16,20)(H,18,19). The molecule has 0 saturated heterocycles. The van der Waals surface area contributed by atoms with Crippen molar-refractivity contribution in [3.8, 4) is 0 Å². The molecule has 0 bridgehead atoms. The molecular weight excluding hydrogens is 327 g/mol. The van der Waals surface area contributed by atoms with E-state index in [1.165, 1.54) is 17.0 Å². The van der Waals surface area contributed by atoms with Gasteiger partial charge < -0.3 is 15.3 Å². The zero-order valence-electron chi connectivity index (χ0n) is 10.6. The van der Waals surface area contributed by atoms with Crippen LogP contribution in [0.2, 0.25) is 15.1 Å². The number of hydrogen-bond acceptors (Lipinski definition) is 2. The van der Waals surface area contributed by atoms with Gasteiger partial charge in [0.05, 0.1) is 20.8 Å². The molecule has 0 heterocycles. The van der Waals surface area contributed by atoms with Gasteiger partial charge in [0.25, 0.3) is 0 Å². The van der Waals surface area contributed by atoms with Gasteiger partial charge in [0.15, 0.2) is 0 Å². The van der Waals surface area contributed by atoms with Crippen LogP contribution in [-0.4, -0.2) is 35.6 Å². The molecule has 0 radical (unpaired) electrons. The Hall–Kier alpha value is -1.17. The SMILES string of the molecule is CN(CCCC(=O)O)C(=O)Nc1cc(Cl)c(Cl)cc1Cl. The molecule has 0 atom stereocenters. The molecule has 2 amide bonds. The van der Waals surface area contributed by atoms with E-state index in [4.69, 9.17) is 39.9 Å². The van der Waals surface area contributed by atoms with Crippen LogP contribution in [0.1, 0.15) is 12.8 Å². The largest absolute Gasteiger partial charge is 0.481 e. The van der Waals surface area contributed by atoms with Gasteiger partial charge in [-0.15, -0.1) is 0 Å². The summed E-state index contributed by atoms with van der Waals surface area (Å²) in [5.41, 5.74) is 0.344. The number of anilines is 1. The second-order valence-corrected chi connectivity index (χ2v) is 5.32. The van der Waals surface area contributed by atoms with Gasteiger partial charge in [0.1, 0.15) is 0 Å². The van der Waals surface area contributed by atoms with Crippen LogP contribution in [0.4, 0.5) is 10.5 Å². The fourth-order valence-electron chi connectivity index (χ4n) is 1.40. The molecule has 5 nitrogen and oxygen atoms in total. The number of hydrogen-bond donors (Lipinski definition) is 2. The van der Waals surface area contributed by atoms with Crippen molar-refractivity contribution < 1.29 is 14.7 Å². The van der Waals surface area contributed by atoms with Crippen LogP contribution in [0.15, 0.2) is 12.1 Å². The minimum atomic E-state index is -0.897. The summed E-state index contributed by atoms with van der Waals surface area (Å²) in [4.78, 5) is 23.6. The molecule has 0 spiro atoms. The first-order valence-electron chi connectivity index (χ1n) is 5.69. The number of aliphatic carboxylic acids is 1. The maximum atomic E-state index is 11.9. The smallest absolute Gasteiger partial charge is 0.321 e. The van der Waals surface area contributed by atoms with Crippen LogP contribution in [0, 0.1) is 0 Å². The quantitative estimate of drug-likeness (QED) is 0.797. The van der Waals surface area contributed by atoms with Crippen molar-refractivity contribution in [3.05, 3.63) is 27.2 Å². The molecule has 8 heteroatoms. The van der Waals surface area contributed by atoms with E-state index in [1.807, 2.05) is 0 Å². The summed E-state index contributed by atoms with van der Waals surface area (Å²) < 4.78 is 0. The van der Waals surface area contributed by atoms with Crippen LogP contribution < -0.4 is 5.32 Å². The molecule has 1 aromatic rings. The summed E-state index contributed by atoms with van der Waals surface area (Å²) in [6.45, 7) is 0.317. The maximum Gasteiger partial charge on any atom is 0.321 e. The van der Waals surface area contributed by atoms with Crippen molar-refractivity contribution in [2.24, 2.45) is 0 Å². The van der Waals surface area contributed by atoms with Crippen molar-refractivity contribution in [1.29, 1.82) is 0 Å². The van der Waals surface area contributed by atoms with Crippen LogP contribution in [-0.2, 0) is 4.79 Å². The number of carboxylic acids is 1. The topological polar surface area (TPSA) is 69.6 Å². The number of rotatable bonds is 5. The molecule has 0 saturated carbocycles. The van der Waals surface area contributed by atoms with Gasteiger partial charge in [0, 0.05) is 20.0 Å². The van der Waals surface area contributed by atoms with Gasteiger partial charge in [-0.25, -0.2) is 4.79 Å². The average Bonchev–Trinajstić information content (AvgIpc) is 2.35. The van der Waals surface area contributed by atoms with E-state index in [0.29, 0.717) is 23.7 Å². The Morgan fingerprint density at radius 2 is 1.80 bits per heavy atom. The number of nitrogens with zero attached hydrogens (tertiary/aromatic N) is 1. The minimum absolute atomic E-state index is 0.00511. The highest BCUT2D eigenvalue weighted by Gasteiger charge is 2.13. The highest BCUT2D eigenvalue weighted by atomic mass is 35.5. The summed E-state index contributed by atoms with van der Waals surface area (Å²) in [6.07, 6.45) is 0.375. The molecule has 1 aromatic carbocycles. The summed E-state index contributed by atoms with van der Waals surface area (Å²) >= 11 is 17.6. The van der Waals surface area contributed by atoms with Crippen LogP contribution in [0.25, 0.3) is 0 Å². The number of benzene rings is 1. The lowest BCUT2D eigenvalue weighted by Gasteiger charge is -2.18. The number of nitrogens with one attached hydrogen (secondary N) is 1. The van der Waals surface area contributed by atoms with Crippen molar-refractivity contribution in [3.63, 3.8) is 0 Å². The molecule has 110 valence electrons. The normalized spacial score (nSPS) is 10.2. The van der Waals surface area contributed by atoms with Crippen LogP contribution in [0.3, 0.4) is 0 Å². The van der Waals surface area contributed by atoms with E-state index < -0.39 is 12.0 Å².